The molecule has 3 rings (SSSR count). The fourth-order valence-electron chi connectivity index (χ4n) is 3.72. The highest BCUT2D eigenvalue weighted by Gasteiger charge is 2.26. The summed E-state index contributed by atoms with van der Waals surface area (Å²) in [5.74, 6) is 0.591. The standard InChI is InChI=1S/C21H27N3O5S/c1-15-6-8-18(9-7-15)23-30(28,29)19-10-11-20(21(12-19)24(26)27)22-13-16-4-2-3-5-17(16)14-25/h2-5,10-12,15,18,22-23,25H,6-9,13-14H2,1H3. The quantitative estimate of drug-likeness (QED) is 0.432. The van der Waals surface area contributed by atoms with Gasteiger partial charge in [0.2, 0.25) is 10.0 Å². The Morgan fingerprint density at radius 3 is 2.40 bits per heavy atom. The van der Waals surface area contributed by atoms with Crippen molar-refractivity contribution in [3.63, 3.8) is 0 Å². The molecule has 1 fully saturated rings. The van der Waals surface area contributed by atoms with Gasteiger partial charge in [-0.1, -0.05) is 31.2 Å². The van der Waals surface area contributed by atoms with E-state index in [1.54, 1.807) is 12.1 Å². The molecule has 0 amide bonds. The average molecular weight is 434 g/mol. The van der Waals surface area contributed by atoms with Crippen LogP contribution in [0.1, 0.15) is 43.7 Å². The van der Waals surface area contributed by atoms with Crippen molar-refractivity contribution in [1.82, 2.24) is 4.72 Å². The third-order valence-electron chi connectivity index (χ3n) is 5.57. The summed E-state index contributed by atoms with van der Waals surface area (Å²) in [5.41, 5.74) is 1.44. The molecule has 2 aromatic rings. The number of sulfonamides is 1. The second-order valence-corrected chi connectivity index (χ2v) is 9.51. The maximum absolute atomic E-state index is 12.7. The number of rotatable bonds is 8. The molecular weight excluding hydrogens is 406 g/mol. The zero-order valence-corrected chi connectivity index (χ0v) is 17.7. The van der Waals surface area contributed by atoms with Crippen LogP contribution in [0.25, 0.3) is 0 Å². The summed E-state index contributed by atoms with van der Waals surface area (Å²) >= 11 is 0. The highest BCUT2D eigenvalue weighted by atomic mass is 32.2. The summed E-state index contributed by atoms with van der Waals surface area (Å²) < 4.78 is 28.2. The first-order valence-corrected chi connectivity index (χ1v) is 11.5. The first-order valence-electron chi connectivity index (χ1n) is 10.0. The number of hydrogen-bond acceptors (Lipinski definition) is 6. The van der Waals surface area contributed by atoms with E-state index in [9.17, 15) is 23.6 Å². The van der Waals surface area contributed by atoms with Crippen molar-refractivity contribution in [3.05, 3.63) is 63.7 Å². The largest absolute Gasteiger partial charge is 0.392 e. The van der Waals surface area contributed by atoms with Crippen molar-refractivity contribution >= 4 is 21.4 Å². The first kappa shape index (κ1) is 22.2. The van der Waals surface area contributed by atoms with Gasteiger partial charge in [0, 0.05) is 18.7 Å². The molecule has 0 atom stereocenters. The third kappa shape index (κ3) is 5.35. The molecule has 0 unspecified atom stereocenters. The van der Waals surface area contributed by atoms with Crippen LogP contribution in [-0.2, 0) is 23.2 Å². The van der Waals surface area contributed by atoms with E-state index in [1.807, 2.05) is 12.1 Å². The summed E-state index contributed by atoms with van der Waals surface area (Å²) in [6.45, 7) is 2.28. The van der Waals surface area contributed by atoms with Crippen molar-refractivity contribution < 1.29 is 18.4 Å². The van der Waals surface area contributed by atoms with Crippen LogP contribution >= 0.6 is 0 Å². The summed E-state index contributed by atoms with van der Waals surface area (Å²) in [5, 5.41) is 24.0. The fraction of sp³-hybridized carbons (Fsp3) is 0.429. The molecule has 8 nitrogen and oxygen atoms in total. The topological polar surface area (TPSA) is 122 Å². The van der Waals surface area contributed by atoms with Gasteiger partial charge in [0.15, 0.2) is 0 Å². The molecule has 3 N–H and O–H groups in total. The number of nitro benzene ring substituents is 1. The zero-order valence-electron chi connectivity index (χ0n) is 16.9. The highest BCUT2D eigenvalue weighted by molar-refractivity contribution is 7.89. The van der Waals surface area contributed by atoms with Crippen LogP contribution in [0.3, 0.4) is 0 Å². The van der Waals surface area contributed by atoms with Crippen LogP contribution in [-0.4, -0.2) is 24.5 Å². The van der Waals surface area contributed by atoms with E-state index in [4.69, 9.17) is 0 Å². The van der Waals surface area contributed by atoms with E-state index >= 15 is 0 Å². The molecule has 0 radical (unpaired) electrons. The average Bonchev–Trinajstić information content (AvgIpc) is 2.73. The molecule has 0 saturated heterocycles. The molecule has 162 valence electrons. The number of anilines is 1. The number of aliphatic hydroxyl groups excluding tert-OH is 1. The van der Waals surface area contributed by atoms with E-state index in [0.717, 1.165) is 42.9 Å². The Bertz CT molecular complexity index is 1000. The van der Waals surface area contributed by atoms with Gasteiger partial charge >= 0.3 is 0 Å². The van der Waals surface area contributed by atoms with Crippen molar-refractivity contribution in [3.8, 4) is 0 Å². The minimum absolute atomic E-state index is 0.117. The molecule has 0 aliphatic heterocycles. The van der Waals surface area contributed by atoms with Gasteiger partial charge in [0.05, 0.1) is 16.4 Å². The van der Waals surface area contributed by atoms with Gasteiger partial charge < -0.3 is 10.4 Å². The van der Waals surface area contributed by atoms with E-state index in [1.165, 1.54) is 12.1 Å². The Morgan fingerprint density at radius 2 is 1.77 bits per heavy atom. The predicted octanol–water partition coefficient (Wildman–Crippen LogP) is 3.56. The monoisotopic (exact) mass is 433 g/mol. The number of nitrogens with one attached hydrogen (secondary N) is 2. The number of nitrogens with zero attached hydrogens (tertiary/aromatic N) is 1. The molecule has 0 heterocycles. The van der Waals surface area contributed by atoms with Crippen LogP contribution in [0.4, 0.5) is 11.4 Å². The van der Waals surface area contributed by atoms with Gasteiger partial charge in [0.25, 0.3) is 5.69 Å². The molecule has 30 heavy (non-hydrogen) atoms. The maximum Gasteiger partial charge on any atom is 0.293 e. The molecule has 1 aliphatic carbocycles. The lowest BCUT2D eigenvalue weighted by Crippen LogP contribution is -2.37. The lowest BCUT2D eigenvalue weighted by atomic mass is 9.88. The predicted molar refractivity (Wildman–Crippen MR) is 115 cm³/mol. The van der Waals surface area contributed by atoms with Crippen molar-refractivity contribution in [2.24, 2.45) is 5.92 Å². The fourth-order valence-corrected chi connectivity index (χ4v) is 5.04. The smallest absolute Gasteiger partial charge is 0.293 e. The zero-order chi connectivity index (χ0) is 21.7. The highest BCUT2D eigenvalue weighted by Crippen LogP contribution is 2.30. The van der Waals surface area contributed by atoms with Crippen molar-refractivity contribution in [2.75, 3.05) is 5.32 Å². The number of benzene rings is 2. The first-order chi connectivity index (χ1) is 14.3. The second kappa shape index (κ2) is 9.55. The normalized spacial score (nSPS) is 19.4. The van der Waals surface area contributed by atoms with E-state index in [2.05, 4.69) is 17.0 Å². The minimum Gasteiger partial charge on any atom is -0.392 e. The Labute approximate surface area is 176 Å². The molecule has 0 spiro atoms. The Hall–Kier alpha value is -2.49. The van der Waals surface area contributed by atoms with E-state index in [0.29, 0.717) is 5.92 Å². The molecule has 0 aromatic heterocycles. The van der Waals surface area contributed by atoms with Gasteiger partial charge in [-0.3, -0.25) is 10.1 Å². The summed E-state index contributed by atoms with van der Waals surface area (Å²) in [7, 11) is -3.84. The van der Waals surface area contributed by atoms with Crippen LogP contribution in [0.2, 0.25) is 0 Å². The van der Waals surface area contributed by atoms with Gasteiger partial charge in [-0.05, 0) is 54.9 Å². The Kier molecular flexibility index (Phi) is 7.06. The molecule has 9 heteroatoms. The number of hydrogen-bond donors (Lipinski definition) is 3. The molecule has 1 aliphatic rings. The van der Waals surface area contributed by atoms with E-state index < -0.39 is 14.9 Å². The van der Waals surface area contributed by atoms with Gasteiger partial charge in [0.1, 0.15) is 5.69 Å². The lowest BCUT2D eigenvalue weighted by Gasteiger charge is -2.26. The third-order valence-corrected chi connectivity index (χ3v) is 7.09. The minimum atomic E-state index is -3.84. The summed E-state index contributed by atoms with van der Waals surface area (Å²) in [6, 6.07) is 11.0. The van der Waals surface area contributed by atoms with Gasteiger partial charge in [-0.25, -0.2) is 13.1 Å². The SMILES string of the molecule is CC1CCC(NS(=O)(=O)c2ccc(NCc3ccccc3CO)c([N+](=O)[O-])c2)CC1. The number of aliphatic hydroxyl groups is 1. The number of nitro groups is 1. The molecular formula is C21H27N3O5S. The van der Waals surface area contributed by atoms with Crippen LogP contribution in [0.5, 0.6) is 0 Å². The van der Waals surface area contributed by atoms with Gasteiger partial charge in [-0.15, -0.1) is 0 Å². The maximum atomic E-state index is 12.7. The van der Waals surface area contributed by atoms with E-state index in [-0.39, 0.29) is 35.5 Å². The summed E-state index contributed by atoms with van der Waals surface area (Å²) in [6.07, 6.45) is 3.47. The Morgan fingerprint density at radius 1 is 1.10 bits per heavy atom. The lowest BCUT2D eigenvalue weighted by molar-refractivity contribution is -0.384. The van der Waals surface area contributed by atoms with Crippen LogP contribution in [0.15, 0.2) is 47.4 Å². The van der Waals surface area contributed by atoms with Crippen LogP contribution < -0.4 is 10.0 Å². The molecule has 1 saturated carbocycles. The molecule has 0 bridgehead atoms. The van der Waals surface area contributed by atoms with Crippen LogP contribution in [0, 0.1) is 16.0 Å². The van der Waals surface area contributed by atoms with Gasteiger partial charge in [-0.2, -0.15) is 0 Å². The second-order valence-electron chi connectivity index (χ2n) is 7.79. The summed E-state index contributed by atoms with van der Waals surface area (Å²) in [4.78, 5) is 10.9. The van der Waals surface area contributed by atoms with Crippen molar-refractivity contribution in [1.29, 1.82) is 0 Å². The Balaban J connectivity index is 1.78. The van der Waals surface area contributed by atoms with Crippen molar-refractivity contribution in [2.45, 2.75) is 56.7 Å². The molecule has 2 aromatic carbocycles.